The lowest BCUT2D eigenvalue weighted by atomic mass is 10.2. The van der Waals surface area contributed by atoms with E-state index >= 15 is 0 Å². The maximum absolute atomic E-state index is 12.1. The Bertz CT molecular complexity index is 846. The maximum atomic E-state index is 12.1. The van der Waals surface area contributed by atoms with Gasteiger partial charge in [0.15, 0.2) is 0 Å². The molecule has 0 atom stereocenters. The van der Waals surface area contributed by atoms with Gasteiger partial charge in [0.1, 0.15) is 5.03 Å². The van der Waals surface area contributed by atoms with Crippen molar-refractivity contribution in [2.24, 2.45) is 0 Å². The molecule has 0 spiro atoms. The molecule has 0 saturated carbocycles. The maximum Gasteiger partial charge on any atom is 0.234 e. The van der Waals surface area contributed by atoms with Crippen LogP contribution in [0.15, 0.2) is 52.1 Å². The number of nitrogens with one attached hydrogen (secondary N) is 1. The van der Waals surface area contributed by atoms with Gasteiger partial charge < -0.3 is 9.84 Å². The number of thioether (sulfide) groups is 1. The van der Waals surface area contributed by atoms with E-state index in [-0.39, 0.29) is 11.7 Å². The van der Waals surface area contributed by atoms with Crippen molar-refractivity contribution < 1.29 is 9.32 Å². The quantitative estimate of drug-likeness (QED) is 0.716. The Morgan fingerprint density at radius 3 is 2.71 bits per heavy atom. The number of carbonyl (C=O) groups is 1. The van der Waals surface area contributed by atoms with Crippen LogP contribution in [0.1, 0.15) is 11.5 Å². The Labute approximate surface area is 143 Å². The second kappa shape index (κ2) is 7.27. The van der Waals surface area contributed by atoms with Crippen molar-refractivity contribution in [1.82, 2.24) is 15.1 Å². The SMILES string of the molecule is Cc1ccc(NC(=O)CSc2ncccc2-c2noc(C)n2)cc1. The number of amides is 1. The molecule has 0 aliphatic rings. The molecule has 24 heavy (non-hydrogen) atoms. The Hall–Kier alpha value is -2.67. The van der Waals surface area contributed by atoms with Crippen LogP contribution < -0.4 is 5.32 Å². The van der Waals surface area contributed by atoms with Gasteiger partial charge in [0.2, 0.25) is 17.6 Å². The van der Waals surface area contributed by atoms with Crippen LogP contribution in [0.25, 0.3) is 11.4 Å². The van der Waals surface area contributed by atoms with Crippen LogP contribution in [0.2, 0.25) is 0 Å². The largest absolute Gasteiger partial charge is 0.339 e. The molecule has 7 heteroatoms. The summed E-state index contributed by atoms with van der Waals surface area (Å²) in [5, 5.41) is 7.47. The van der Waals surface area contributed by atoms with E-state index < -0.39 is 0 Å². The van der Waals surface area contributed by atoms with Crippen LogP contribution in [0, 0.1) is 13.8 Å². The van der Waals surface area contributed by atoms with Gasteiger partial charge in [-0.1, -0.05) is 34.6 Å². The summed E-state index contributed by atoms with van der Waals surface area (Å²) in [6.45, 7) is 3.73. The average Bonchev–Trinajstić information content (AvgIpc) is 3.02. The molecular formula is C17H16N4O2S. The first-order valence-electron chi connectivity index (χ1n) is 7.37. The highest BCUT2D eigenvalue weighted by atomic mass is 32.2. The van der Waals surface area contributed by atoms with E-state index in [4.69, 9.17) is 4.52 Å². The normalized spacial score (nSPS) is 10.6. The van der Waals surface area contributed by atoms with Crippen molar-refractivity contribution >= 4 is 23.4 Å². The molecule has 2 aromatic heterocycles. The van der Waals surface area contributed by atoms with Crippen molar-refractivity contribution in [2.75, 3.05) is 11.1 Å². The Morgan fingerprint density at radius 2 is 2.00 bits per heavy atom. The number of carbonyl (C=O) groups excluding carboxylic acids is 1. The highest BCUT2D eigenvalue weighted by molar-refractivity contribution is 8.00. The zero-order chi connectivity index (χ0) is 16.9. The number of aryl methyl sites for hydroxylation is 2. The third-order valence-electron chi connectivity index (χ3n) is 3.21. The second-order valence-corrected chi connectivity index (χ2v) is 6.16. The minimum absolute atomic E-state index is 0.0928. The molecule has 0 bridgehead atoms. The van der Waals surface area contributed by atoms with Gasteiger partial charge in [-0.2, -0.15) is 4.98 Å². The van der Waals surface area contributed by atoms with Gasteiger partial charge in [0, 0.05) is 18.8 Å². The van der Waals surface area contributed by atoms with Gasteiger partial charge in [0.25, 0.3) is 0 Å². The van der Waals surface area contributed by atoms with Crippen molar-refractivity contribution in [3.8, 4) is 11.4 Å². The number of hydrogen-bond donors (Lipinski definition) is 1. The highest BCUT2D eigenvalue weighted by Crippen LogP contribution is 2.27. The molecule has 0 radical (unpaired) electrons. The zero-order valence-electron chi connectivity index (χ0n) is 13.3. The van der Waals surface area contributed by atoms with E-state index in [0.29, 0.717) is 16.7 Å². The van der Waals surface area contributed by atoms with Crippen LogP contribution in [-0.4, -0.2) is 26.8 Å². The van der Waals surface area contributed by atoms with E-state index in [9.17, 15) is 4.79 Å². The monoisotopic (exact) mass is 340 g/mol. The number of rotatable bonds is 5. The molecule has 0 saturated heterocycles. The molecule has 122 valence electrons. The lowest BCUT2D eigenvalue weighted by molar-refractivity contribution is -0.113. The highest BCUT2D eigenvalue weighted by Gasteiger charge is 2.13. The number of anilines is 1. The van der Waals surface area contributed by atoms with Crippen molar-refractivity contribution in [1.29, 1.82) is 0 Å². The summed E-state index contributed by atoms with van der Waals surface area (Å²) in [4.78, 5) is 20.6. The Kier molecular flexibility index (Phi) is 4.90. The summed E-state index contributed by atoms with van der Waals surface area (Å²) >= 11 is 1.34. The molecule has 2 heterocycles. The van der Waals surface area contributed by atoms with Crippen molar-refractivity contribution in [3.05, 3.63) is 54.0 Å². The molecule has 0 aliphatic heterocycles. The first-order chi connectivity index (χ1) is 11.6. The molecule has 1 aromatic carbocycles. The Balaban J connectivity index is 1.66. The number of pyridine rings is 1. The van der Waals surface area contributed by atoms with Gasteiger partial charge in [-0.3, -0.25) is 4.79 Å². The van der Waals surface area contributed by atoms with E-state index in [1.807, 2.05) is 37.3 Å². The van der Waals surface area contributed by atoms with E-state index in [0.717, 1.165) is 16.8 Å². The summed E-state index contributed by atoms with van der Waals surface area (Å²) in [5.41, 5.74) is 2.68. The summed E-state index contributed by atoms with van der Waals surface area (Å²) in [7, 11) is 0. The van der Waals surface area contributed by atoms with E-state index in [1.54, 1.807) is 19.2 Å². The van der Waals surface area contributed by atoms with Gasteiger partial charge >= 0.3 is 0 Å². The molecule has 0 unspecified atom stereocenters. The topological polar surface area (TPSA) is 80.9 Å². The van der Waals surface area contributed by atoms with Crippen molar-refractivity contribution in [3.63, 3.8) is 0 Å². The Morgan fingerprint density at radius 1 is 1.21 bits per heavy atom. The molecule has 0 aliphatic carbocycles. The summed E-state index contributed by atoms with van der Waals surface area (Å²) in [5.74, 6) is 1.11. The second-order valence-electron chi connectivity index (χ2n) is 5.20. The first-order valence-corrected chi connectivity index (χ1v) is 8.35. The third kappa shape index (κ3) is 3.99. The number of aromatic nitrogens is 3. The van der Waals surface area contributed by atoms with Crippen LogP contribution in [0.3, 0.4) is 0 Å². The van der Waals surface area contributed by atoms with Crippen LogP contribution in [0.4, 0.5) is 5.69 Å². The summed E-state index contributed by atoms with van der Waals surface area (Å²) in [6.07, 6.45) is 1.68. The summed E-state index contributed by atoms with van der Waals surface area (Å²) < 4.78 is 5.01. The average molecular weight is 340 g/mol. The van der Waals surface area contributed by atoms with Crippen LogP contribution in [-0.2, 0) is 4.79 Å². The van der Waals surface area contributed by atoms with Gasteiger partial charge in [-0.15, -0.1) is 0 Å². The molecule has 3 rings (SSSR count). The van der Waals surface area contributed by atoms with Crippen molar-refractivity contribution in [2.45, 2.75) is 18.9 Å². The zero-order valence-corrected chi connectivity index (χ0v) is 14.1. The predicted molar refractivity (Wildman–Crippen MR) is 92.8 cm³/mol. The fourth-order valence-corrected chi connectivity index (χ4v) is 2.84. The van der Waals surface area contributed by atoms with Crippen LogP contribution in [0.5, 0.6) is 0 Å². The lowest BCUT2D eigenvalue weighted by Crippen LogP contribution is -2.14. The van der Waals surface area contributed by atoms with Gasteiger partial charge in [0.05, 0.1) is 11.3 Å². The standard InChI is InChI=1S/C17H16N4O2S/c1-11-5-7-13(8-6-11)20-15(22)10-24-17-14(4-3-9-18-17)16-19-12(2)23-21-16/h3-9H,10H2,1-2H3,(H,20,22). The molecule has 0 fully saturated rings. The molecule has 3 aromatic rings. The third-order valence-corrected chi connectivity index (χ3v) is 4.22. The van der Waals surface area contributed by atoms with Gasteiger partial charge in [-0.05, 0) is 31.2 Å². The van der Waals surface area contributed by atoms with E-state index in [2.05, 4.69) is 20.4 Å². The fourth-order valence-electron chi connectivity index (χ4n) is 2.05. The fraction of sp³-hybridized carbons (Fsp3) is 0.176. The van der Waals surface area contributed by atoms with E-state index in [1.165, 1.54) is 11.8 Å². The first kappa shape index (κ1) is 16.2. The number of benzene rings is 1. The van der Waals surface area contributed by atoms with Gasteiger partial charge in [-0.25, -0.2) is 4.98 Å². The molecule has 1 N–H and O–H groups in total. The minimum atomic E-state index is -0.0928. The number of nitrogens with zero attached hydrogens (tertiary/aromatic N) is 3. The smallest absolute Gasteiger partial charge is 0.234 e. The number of hydrogen-bond acceptors (Lipinski definition) is 6. The lowest BCUT2D eigenvalue weighted by Gasteiger charge is -2.07. The van der Waals surface area contributed by atoms with Crippen LogP contribution >= 0.6 is 11.8 Å². The summed E-state index contributed by atoms with van der Waals surface area (Å²) in [6, 6.07) is 11.3. The molecular weight excluding hydrogens is 324 g/mol. The minimum Gasteiger partial charge on any atom is -0.339 e. The molecule has 6 nitrogen and oxygen atoms in total. The molecule has 1 amide bonds. The predicted octanol–water partition coefficient (Wildman–Crippen LogP) is 3.48.